The van der Waals surface area contributed by atoms with Crippen molar-refractivity contribution >= 4 is 31.8 Å². The van der Waals surface area contributed by atoms with Crippen molar-refractivity contribution in [2.24, 2.45) is 0 Å². The lowest BCUT2D eigenvalue weighted by Gasteiger charge is -1.88. The predicted octanol–water partition coefficient (Wildman–Crippen LogP) is 2.64. The molecular formula is C3H5ClOS2. The van der Waals surface area contributed by atoms with Crippen LogP contribution in [0.3, 0.4) is 0 Å². The zero-order valence-corrected chi connectivity index (χ0v) is 5.98. The van der Waals surface area contributed by atoms with Crippen molar-refractivity contribution in [3.63, 3.8) is 0 Å². The van der Waals surface area contributed by atoms with Gasteiger partial charge in [-0.3, -0.25) is 4.18 Å². The van der Waals surface area contributed by atoms with Gasteiger partial charge in [0, 0.05) is 10.0 Å². The molecule has 0 radical (unpaired) electrons. The van der Waals surface area contributed by atoms with Crippen molar-refractivity contribution in [2.45, 2.75) is 0 Å². The highest BCUT2D eigenvalue weighted by molar-refractivity contribution is 8.83. The minimum Gasteiger partial charge on any atom is -0.300 e. The minimum absolute atomic E-state index is 0.546. The molecule has 0 heterocycles. The fourth-order valence-corrected chi connectivity index (χ4v) is 0.885. The van der Waals surface area contributed by atoms with E-state index < -0.39 is 0 Å². The summed E-state index contributed by atoms with van der Waals surface area (Å²) in [6.45, 7) is 3.99. The van der Waals surface area contributed by atoms with E-state index in [4.69, 9.17) is 14.9 Å². The Labute approximate surface area is 55.6 Å². The molecule has 0 aliphatic heterocycles. The van der Waals surface area contributed by atoms with Gasteiger partial charge < -0.3 is 0 Å². The lowest BCUT2D eigenvalue weighted by molar-refractivity contribution is 0.436. The van der Waals surface area contributed by atoms with Gasteiger partial charge in [-0.2, -0.15) is 0 Å². The lowest BCUT2D eigenvalue weighted by Crippen LogP contribution is -1.72. The molecule has 0 atom stereocenters. The average molecular weight is 157 g/mol. The molecule has 7 heavy (non-hydrogen) atoms. The van der Waals surface area contributed by atoms with Crippen molar-refractivity contribution in [3.8, 4) is 0 Å². The van der Waals surface area contributed by atoms with Gasteiger partial charge >= 0.3 is 0 Å². The molecule has 4 heteroatoms. The van der Waals surface area contributed by atoms with Gasteiger partial charge in [-0.1, -0.05) is 6.08 Å². The molecule has 1 nitrogen and oxygen atoms in total. The summed E-state index contributed by atoms with van der Waals surface area (Å²) in [6, 6.07) is 0. The van der Waals surface area contributed by atoms with E-state index >= 15 is 0 Å². The molecule has 0 aliphatic rings. The Kier molecular flexibility index (Phi) is 7.35. The van der Waals surface area contributed by atoms with Gasteiger partial charge in [-0.25, -0.2) is 0 Å². The largest absolute Gasteiger partial charge is 0.300 e. The highest BCUT2D eigenvalue weighted by Gasteiger charge is 1.79. The van der Waals surface area contributed by atoms with Crippen LogP contribution in [-0.2, 0) is 4.18 Å². The number of hydrogen-bond acceptors (Lipinski definition) is 3. The van der Waals surface area contributed by atoms with Crippen molar-refractivity contribution in [1.82, 2.24) is 0 Å². The lowest BCUT2D eigenvalue weighted by atomic mass is 10.7. The topological polar surface area (TPSA) is 9.23 Å². The first-order valence-electron chi connectivity index (χ1n) is 1.59. The molecule has 0 aromatic carbocycles. The summed E-state index contributed by atoms with van der Waals surface area (Å²) in [5.41, 5.74) is 0. The van der Waals surface area contributed by atoms with Crippen molar-refractivity contribution in [1.29, 1.82) is 0 Å². The van der Waals surface area contributed by atoms with E-state index in [2.05, 4.69) is 6.58 Å². The zero-order valence-electron chi connectivity index (χ0n) is 3.59. The van der Waals surface area contributed by atoms with Gasteiger partial charge in [0.2, 0.25) is 0 Å². The van der Waals surface area contributed by atoms with Gasteiger partial charge in [-0.05, 0) is 10.7 Å². The van der Waals surface area contributed by atoms with Crippen LogP contribution in [0.1, 0.15) is 0 Å². The number of hydrogen-bond donors (Lipinski definition) is 0. The summed E-state index contributed by atoms with van der Waals surface area (Å²) in [7, 11) is 6.22. The van der Waals surface area contributed by atoms with Gasteiger partial charge in [0.25, 0.3) is 0 Å². The third-order valence-corrected chi connectivity index (χ3v) is 1.45. The smallest absolute Gasteiger partial charge is 0.0803 e. The predicted molar refractivity (Wildman–Crippen MR) is 37.2 cm³/mol. The summed E-state index contributed by atoms with van der Waals surface area (Å²) in [5.74, 6) is 0. The summed E-state index contributed by atoms with van der Waals surface area (Å²) in [5, 5.41) is 0. The molecule has 0 amide bonds. The fraction of sp³-hybridized carbons (Fsp3) is 0.333. The van der Waals surface area contributed by atoms with Crippen molar-refractivity contribution in [2.75, 3.05) is 6.61 Å². The van der Waals surface area contributed by atoms with E-state index in [9.17, 15) is 0 Å². The van der Waals surface area contributed by atoms with Crippen molar-refractivity contribution in [3.05, 3.63) is 12.7 Å². The number of halogens is 1. The first-order chi connectivity index (χ1) is 3.41. The minimum atomic E-state index is 0.546. The van der Waals surface area contributed by atoms with Crippen molar-refractivity contribution < 1.29 is 4.18 Å². The summed E-state index contributed by atoms with van der Waals surface area (Å²) in [4.78, 5) is 0. The Bertz CT molecular complexity index is 50.2. The molecular weight excluding hydrogens is 152 g/mol. The van der Waals surface area contributed by atoms with Gasteiger partial charge in [0.1, 0.15) is 0 Å². The van der Waals surface area contributed by atoms with E-state index in [0.29, 0.717) is 6.61 Å². The zero-order chi connectivity index (χ0) is 5.54. The van der Waals surface area contributed by atoms with Crippen LogP contribution >= 0.6 is 31.8 Å². The van der Waals surface area contributed by atoms with E-state index in [-0.39, 0.29) is 0 Å². The molecule has 0 saturated carbocycles. The van der Waals surface area contributed by atoms with Crippen LogP contribution in [0.2, 0.25) is 0 Å². The molecule has 42 valence electrons. The molecule has 0 N–H and O–H groups in total. The molecule has 0 bridgehead atoms. The van der Waals surface area contributed by atoms with E-state index in [1.54, 1.807) is 6.08 Å². The van der Waals surface area contributed by atoms with Crippen LogP contribution in [0.5, 0.6) is 0 Å². The third-order valence-electron chi connectivity index (χ3n) is 0.260. The first-order valence-corrected chi connectivity index (χ1v) is 4.49. The Balaban J connectivity index is 2.56. The average Bonchev–Trinajstić information content (AvgIpc) is 1.69. The van der Waals surface area contributed by atoms with E-state index in [1.807, 2.05) is 0 Å². The second-order valence-electron chi connectivity index (χ2n) is 0.704. The van der Waals surface area contributed by atoms with E-state index in [0.717, 1.165) is 21.1 Å². The maximum atomic E-state index is 5.16. The first kappa shape index (κ1) is 7.69. The SMILES string of the molecule is C=CCOSSCl. The quantitative estimate of drug-likeness (QED) is 0.268. The second-order valence-corrected chi connectivity index (χ2v) is 3.12. The van der Waals surface area contributed by atoms with E-state index in [1.165, 1.54) is 0 Å². The van der Waals surface area contributed by atoms with Crippen LogP contribution in [0, 0.1) is 0 Å². The Morgan fingerprint density at radius 2 is 2.57 bits per heavy atom. The molecule has 0 spiro atoms. The summed E-state index contributed by atoms with van der Waals surface area (Å²) < 4.78 is 4.76. The van der Waals surface area contributed by atoms with Crippen LogP contribution in [0.15, 0.2) is 12.7 Å². The second kappa shape index (κ2) is 6.69. The summed E-state index contributed by atoms with van der Waals surface area (Å²) in [6.07, 6.45) is 1.67. The highest BCUT2D eigenvalue weighted by atomic mass is 35.7. The normalized spacial score (nSPS) is 8.71. The van der Waals surface area contributed by atoms with Crippen LogP contribution in [0.4, 0.5) is 0 Å². The fourth-order valence-electron chi connectivity index (χ4n) is 0.0941. The standard InChI is InChI=1S/C3H5ClOS2/c1-2-3-5-7-6-4/h2H,1,3H2. The highest BCUT2D eigenvalue weighted by Crippen LogP contribution is 2.25. The van der Waals surface area contributed by atoms with Gasteiger partial charge in [0.15, 0.2) is 0 Å². The van der Waals surface area contributed by atoms with Crippen LogP contribution in [0.25, 0.3) is 0 Å². The molecule has 0 fully saturated rings. The Hall–Kier alpha value is 0.690. The molecule has 0 aromatic rings. The van der Waals surface area contributed by atoms with Crippen LogP contribution < -0.4 is 0 Å². The molecule has 0 rings (SSSR count). The monoisotopic (exact) mass is 156 g/mol. The maximum Gasteiger partial charge on any atom is 0.0803 e. The molecule has 0 unspecified atom stereocenters. The molecule has 0 aromatic heterocycles. The van der Waals surface area contributed by atoms with Crippen LogP contribution in [-0.4, -0.2) is 6.61 Å². The third kappa shape index (κ3) is 6.69. The van der Waals surface area contributed by atoms with Gasteiger partial charge in [0.05, 0.1) is 17.7 Å². The molecule has 0 aliphatic carbocycles. The Morgan fingerprint density at radius 1 is 1.86 bits per heavy atom. The molecule has 0 saturated heterocycles. The maximum absolute atomic E-state index is 5.16. The number of rotatable bonds is 4. The Morgan fingerprint density at radius 3 is 3.00 bits per heavy atom. The summed E-state index contributed by atoms with van der Waals surface area (Å²) >= 11 is 1.14. The van der Waals surface area contributed by atoms with Gasteiger partial charge in [-0.15, -0.1) is 6.58 Å².